The predicted octanol–water partition coefficient (Wildman–Crippen LogP) is 2.41. The Bertz CT molecular complexity index is 689. The molecule has 0 radical (unpaired) electrons. The quantitative estimate of drug-likeness (QED) is 0.507. The number of rotatable bonds is 0. The summed E-state index contributed by atoms with van der Waals surface area (Å²) in [7, 11) is 0. The highest BCUT2D eigenvalue weighted by Gasteiger charge is 2.90. The summed E-state index contributed by atoms with van der Waals surface area (Å²) in [6.45, 7) is 7.99. The lowest BCUT2D eigenvalue weighted by atomic mass is 9.61. The molecule has 2 heterocycles. The third-order valence-corrected chi connectivity index (χ3v) is 8.85. The van der Waals surface area contributed by atoms with Gasteiger partial charge in [0.1, 0.15) is 11.5 Å². The molecule has 0 aromatic carbocycles. The van der Waals surface area contributed by atoms with Crippen LogP contribution < -0.4 is 0 Å². The number of hydroxylamine groups is 3. The molecule has 0 bridgehead atoms. The first-order valence-electron chi connectivity index (χ1n) is 8.81. The van der Waals surface area contributed by atoms with Gasteiger partial charge in [-0.25, -0.2) is 0 Å². The van der Waals surface area contributed by atoms with Crippen molar-refractivity contribution >= 4 is 0 Å². The van der Waals surface area contributed by atoms with Gasteiger partial charge in [-0.1, -0.05) is 25.1 Å². The van der Waals surface area contributed by atoms with Gasteiger partial charge in [-0.3, -0.25) is 0 Å². The first-order valence-corrected chi connectivity index (χ1v) is 8.81. The van der Waals surface area contributed by atoms with Crippen molar-refractivity contribution in [2.75, 3.05) is 0 Å². The Labute approximate surface area is 135 Å². The summed E-state index contributed by atoms with van der Waals surface area (Å²) < 4.78 is 0. The molecule has 8 atom stereocenters. The number of nitrogens with zero attached hydrogens (tertiary/aromatic N) is 4. The van der Waals surface area contributed by atoms with Crippen LogP contribution in [0.15, 0.2) is 5.11 Å². The second kappa shape index (κ2) is 3.49. The van der Waals surface area contributed by atoms with E-state index in [1.165, 1.54) is 0 Å². The molecule has 3 fully saturated rings. The maximum Gasteiger partial charge on any atom is 0.253 e. The highest BCUT2D eigenvalue weighted by Crippen LogP contribution is 2.72. The van der Waals surface area contributed by atoms with Crippen molar-refractivity contribution in [2.24, 2.45) is 34.2 Å². The van der Waals surface area contributed by atoms with Gasteiger partial charge in [0, 0.05) is 28.5 Å². The van der Waals surface area contributed by atoms with E-state index in [1.54, 1.807) is 0 Å². The van der Waals surface area contributed by atoms with Gasteiger partial charge in [-0.05, 0) is 24.9 Å². The zero-order chi connectivity index (χ0) is 16.5. The molecule has 0 spiro atoms. The predicted molar refractivity (Wildman–Crippen MR) is 79.3 cm³/mol. The molecule has 3 saturated carbocycles. The number of azo groups is 2. The molecule has 2 aliphatic heterocycles. The minimum Gasteiger partial charge on any atom is -0.600 e. The van der Waals surface area contributed by atoms with Gasteiger partial charge >= 0.3 is 0 Å². The Morgan fingerprint density at radius 2 is 1.52 bits per heavy atom. The lowest BCUT2D eigenvalue weighted by Crippen LogP contribution is -2.56. The van der Waals surface area contributed by atoms with Gasteiger partial charge < -0.3 is 15.6 Å². The van der Waals surface area contributed by atoms with E-state index < -0.39 is 16.5 Å². The summed E-state index contributed by atoms with van der Waals surface area (Å²) in [6.07, 6.45) is 2.96. The summed E-state index contributed by atoms with van der Waals surface area (Å²) in [4.78, 5) is 2.38. The van der Waals surface area contributed by atoms with Crippen molar-refractivity contribution in [3.63, 3.8) is 0 Å². The van der Waals surface area contributed by atoms with Gasteiger partial charge in [0.15, 0.2) is 6.04 Å². The normalized spacial score (nSPS) is 58.3. The largest absolute Gasteiger partial charge is 0.600 e. The molecular formula is C16H24N4O3. The van der Waals surface area contributed by atoms with Crippen molar-refractivity contribution in [3.8, 4) is 0 Å². The fourth-order valence-corrected chi connectivity index (χ4v) is 7.29. The molecule has 7 heteroatoms. The van der Waals surface area contributed by atoms with Crippen LogP contribution in [0, 0.1) is 44.7 Å². The van der Waals surface area contributed by atoms with Crippen molar-refractivity contribution in [1.82, 2.24) is 0 Å². The Balaban J connectivity index is 1.82. The second-order valence-corrected chi connectivity index (χ2v) is 9.19. The van der Waals surface area contributed by atoms with Gasteiger partial charge in [-0.2, -0.15) is 0 Å². The Kier molecular flexibility index (Phi) is 2.12. The molecule has 0 amide bonds. The third kappa shape index (κ3) is 1.07. The minimum atomic E-state index is -0.796. The van der Waals surface area contributed by atoms with Crippen LogP contribution in [-0.2, 0) is 0 Å². The summed E-state index contributed by atoms with van der Waals surface area (Å²) in [6, 6.07) is -0.441. The van der Waals surface area contributed by atoms with Gasteiger partial charge in [0.05, 0.1) is 11.3 Å². The standard InChI is InChI=1S/C16H24N4O3/c1-14(2)15(3)10-11-13(19(22)20(23)16(11,14)4)9-7-5-6-8(9)12(10)18(21)17-15/h8-13H,5-7H2,1-4H3/t8?,9-,10-,11?,12?,13-,15?,16-/m1/s1. The topological polar surface area (TPSA) is 90.6 Å². The molecule has 23 heavy (non-hydrogen) atoms. The van der Waals surface area contributed by atoms with Crippen LogP contribution in [0.5, 0.6) is 0 Å². The van der Waals surface area contributed by atoms with Crippen LogP contribution in [0.1, 0.15) is 47.0 Å². The van der Waals surface area contributed by atoms with Crippen molar-refractivity contribution in [3.05, 3.63) is 15.6 Å². The SMILES string of the molecule is CC12N=[N+]([O-])C3C4CCC[C@H]4[C@@H]4C([C@H]31)[C@@](C)([N+]([O-])=[N+]4[O-])C2(C)C. The van der Waals surface area contributed by atoms with E-state index in [2.05, 4.69) is 5.11 Å². The number of hydrogen-bond acceptors (Lipinski definition) is 4. The highest BCUT2D eigenvalue weighted by atomic mass is 16.6. The van der Waals surface area contributed by atoms with E-state index in [0.29, 0.717) is 4.86 Å². The lowest BCUT2D eigenvalue weighted by Gasteiger charge is -2.37. The molecule has 5 rings (SSSR count). The van der Waals surface area contributed by atoms with E-state index in [4.69, 9.17) is 0 Å². The monoisotopic (exact) mass is 320 g/mol. The average Bonchev–Trinajstić information content (AvgIpc) is 3.13. The highest BCUT2D eigenvalue weighted by molar-refractivity contribution is 5.27. The molecule has 0 saturated heterocycles. The Hall–Kier alpha value is -1.40. The summed E-state index contributed by atoms with van der Waals surface area (Å²) >= 11 is 0. The summed E-state index contributed by atoms with van der Waals surface area (Å²) in [5.41, 5.74) is -1.91. The van der Waals surface area contributed by atoms with Crippen LogP contribution in [-0.4, -0.2) is 37.7 Å². The van der Waals surface area contributed by atoms with Crippen molar-refractivity contribution in [2.45, 2.75) is 70.1 Å². The van der Waals surface area contributed by atoms with Crippen LogP contribution in [0.3, 0.4) is 0 Å². The zero-order valence-corrected chi connectivity index (χ0v) is 14.1. The summed E-state index contributed by atoms with van der Waals surface area (Å²) in [5.74, 6) is 0.273. The molecule has 0 N–H and O–H groups in total. The second-order valence-electron chi connectivity index (χ2n) is 9.19. The third-order valence-electron chi connectivity index (χ3n) is 8.85. The smallest absolute Gasteiger partial charge is 0.253 e. The number of hydrogen-bond donors (Lipinski definition) is 0. The summed E-state index contributed by atoms with van der Waals surface area (Å²) in [5, 5.41) is 43.0. The lowest BCUT2D eigenvalue weighted by molar-refractivity contribution is -0.989. The van der Waals surface area contributed by atoms with E-state index in [-0.39, 0.29) is 35.8 Å². The van der Waals surface area contributed by atoms with Crippen LogP contribution in [0.2, 0.25) is 0 Å². The molecule has 7 nitrogen and oxygen atoms in total. The molecule has 3 aliphatic carbocycles. The molecule has 0 aromatic heterocycles. The Morgan fingerprint density at radius 1 is 0.913 bits per heavy atom. The zero-order valence-electron chi connectivity index (χ0n) is 14.1. The number of fused-ring (bicyclic) bond motifs is 3. The van der Waals surface area contributed by atoms with Crippen LogP contribution in [0.4, 0.5) is 0 Å². The molecule has 0 aromatic rings. The van der Waals surface area contributed by atoms with E-state index in [1.807, 2.05) is 27.7 Å². The van der Waals surface area contributed by atoms with E-state index >= 15 is 0 Å². The minimum absolute atomic E-state index is 0.000231. The first-order chi connectivity index (χ1) is 10.7. The van der Waals surface area contributed by atoms with Gasteiger partial charge in [-0.15, -0.1) is 0 Å². The first kappa shape index (κ1) is 14.0. The van der Waals surface area contributed by atoms with E-state index in [0.717, 1.165) is 29.0 Å². The fraction of sp³-hybridized carbons (Fsp3) is 1.00. The van der Waals surface area contributed by atoms with Gasteiger partial charge in [0.25, 0.3) is 5.54 Å². The van der Waals surface area contributed by atoms with Crippen LogP contribution >= 0.6 is 0 Å². The molecular weight excluding hydrogens is 296 g/mol. The van der Waals surface area contributed by atoms with E-state index in [9.17, 15) is 15.6 Å². The maximum atomic E-state index is 13.0. The Morgan fingerprint density at radius 3 is 2.17 bits per heavy atom. The van der Waals surface area contributed by atoms with Crippen molar-refractivity contribution in [1.29, 1.82) is 0 Å². The molecule has 4 unspecified atom stereocenters. The van der Waals surface area contributed by atoms with Gasteiger partial charge in [0.2, 0.25) is 6.04 Å². The maximum absolute atomic E-state index is 13.0. The average molecular weight is 320 g/mol. The van der Waals surface area contributed by atoms with Crippen molar-refractivity contribution < 1.29 is 14.6 Å². The van der Waals surface area contributed by atoms with Crippen LogP contribution in [0.25, 0.3) is 0 Å². The molecule has 126 valence electrons. The molecule has 5 aliphatic rings. The fourth-order valence-electron chi connectivity index (χ4n) is 7.29.